The van der Waals surface area contributed by atoms with Gasteiger partial charge in [0.15, 0.2) is 5.82 Å². The van der Waals surface area contributed by atoms with Gasteiger partial charge < -0.3 is 5.32 Å². The van der Waals surface area contributed by atoms with E-state index in [9.17, 15) is 9.18 Å². The third-order valence-corrected chi connectivity index (χ3v) is 4.49. The number of benzene rings is 2. The molecule has 3 aromatic rings. The number of aryl methyl sites for hydroxylation is 1. The van der Waals surface area contributed by atoms with E-state index >= 15 is 0 Å². The summed E-state index contributed by atoms with van der Waals surface area (Å²) < 4.78 is 13.8. The first-order valence-corrected chi connectivity index (χ1v) is 8.62. The Morgan fingerprint density at radius 1 is 1.24 bits per heavy atom. The number of hydrogen-bond acceptors (Lipinski definition) is 4. The maximum atomic E-state index is 13.8. The summed E-state index contributed by atoms with van der Waals surface area (Å²) in [7, 11) is 0. The zero-order valence-corrected chi connectivity index (χ0v) is 14.6. The normalized spacial score (nSPS) is 12.0. The van der Waals surface area contributed by atoms with Crippen LogP contribution in [-0.2, 0) is 4.79 Å². The zero-order chi connectivity index (χ0) is 17.8. The first-order valence-electron chi connectivity index (χ1n) is 7.74. The third kappa shape index (κ3) is 4.24. The topological polar surface area (TPSA) is 70.7 Å². The van der Waals surface area contributed by atoms with Gasteiger partial charge in [0.1, 0.15) is 5.82 Å². The molecule has 0 spiro atoms. The van der Waals surface area contributed by atoms with E-state index in [0.717, 1.165) is 11.3 Å². The molecule has 0 fully saturated rings. The second kappa shape index (κ2) is 7.48. The van der Waals surface area contributed by atoms with E-state index in [1.807, 2.05) is 31.2 Å². The van der Waals surface area contributed by atoms with Crippen LogP contribution in [0.5, 0.6) is 0 Å². The molecule has 0 bridgehead atoms. The number of rotatable bonds is 5. The maximum Gasteiger partial charge on any atom is 0.237 e. The van der Waals surface area contributed by atoms with Gasteiger partial charge in [-0.25, -0.2) is 9.37 Å². The van der Waals surface area contributed by atoms with E-state index in [0.29, 0.717) is 16.5 Å². The van der Waals surface area contributed by atoms with Crippen LogP contribution in [0.1, 0.15) is 12.5 Å². The van der Waals surface area contributed by atoms with Crippen molar-refractivity contribution in [3.63, 3.8) is 0 Å². The van der Waals surface area contributed by atoms with Crippen molar-refractivity contribution >= 4 is 23.4 Å². The molecule has 5 nitrogen and oxygen atoms in total. The molecule has 25 heavy (non-hydrogen) atoms. The lowest BCUT2D eigenvalue weighted by Gasteiger charge is -2.10. The Labute approximate surface area is 149 Å². The molecule has 0 aliphatic heterocycles. The van der Waals surface area contributed by atoms with Crippen molar-refractivity contribution in [3.8, 4) is 11.4 Å². The van der Waals surface area contributed by atoms with Crippen LogP contribution < -0.4 is 5.32 Å². The molecule has 1 aromatic heterocycles. The van der Waals surface area contributed by atoms with E-state index in [1.54, 1.807) is 25.1 Å². The van der Waals surface area contributed by atoms with Gasteiger partial charge in [0.25, 0.3) is 0 Å². The lowest BCUT2D eigenvalue weighted by atomic mass is 10.2. The number of H-pyrrole nitrogens is 1. The molecule has 1 amide bonds. The minimum atomic E-state index is -0.398. The molecule has 7 heteroatoms. The smallest absolute Gasteiger partial charge is 0.237 e. The molecule has 1 unspecified atom stereocenters. The van der Waals surface area contributed by atoms with Gasteiger partial charge in [-0.1, -0.05) is 36.0 Å². The second-order valence-electron chi connectivity index (χ2n) is 5.57. The SMILES string of the molecule is Cc1cccc(NC(=O)C(C)Sc2n[nH]c(-c3ccccc3F)n2)c1. The number of anilines is 1. The highest BCUT2D eigenvalue weighted by Gasteiger charge is 2.18. The number of nitrogens with one attached hydrogen (secondary N) is 2. The quantitative estimate of drug-likeness (QED) is 0.677. The number of amides is 1. The zero-order valence-electron chi connectivity index (χ0n) is 13.8. The number of aromatic nitrogens is 3. The maximum absolute atomic E-state index is 13.8. The molecule has 0 saturated carbocycles. The number of thioether (sulfide) groups is 1. The van der Waals surface area contributed by atoms with Crippen molar-refractivity contribution in [2.45, 2.75) is 24.3 Å². The molecule has 1 atom stereocenters. The van der Waals surface area contributed by atoms with Gasteiger partial charge in [0, 0.05) is 5.69 Å². The fourth-order valence-electron chi connectivity index (χ4n) is 2.25. The van der Waals surface area contributed by atoms with Crippen LogP contribution in [-0.4, -0.2) is 26.3 Å². The minimum Gasteiger partial charge on any atom is -0.325 e. The average Bonchev–Trinajstić information content (AvgIpc) is 3.03. The van der Waals surface area contributed by atoms with Crippen LogP contribution in [0.25, 0.3) is 11.4 Å². The van der Waals surface area contributed by atoms with Gasteiger partial charge >= 0.3 is 0 Å². The van der Waals surface area contributed by atoms with Crippen LogP contribution in [0.3, 0.4) is 0 Å². The number of aromatic amines is 1. The number of halogens is 1. The Morgan fingerprint density at radius 3 is 2.80 bits per heavy atom. The molecular formula is C18H17FN4OS. The number of nitrogens with zero attached hydrogens (tertiary/aromatic N) is 2. The number of carbonyl (C=O) groups is 1. The Hall–Kier alpha value is -2.67. The van der Waals surface area contributed by atoms with Gasteiger partial charge in [0.05, 0.1) is 10.8 Å². The molecule has 0 aliphatic carbocycles. The van der Waals surface area contributed by atoms with Crippen molar-refractivity contribution < 1.29 is 9.18 Å². The molecule has 3 rings (SSSR count). The molecule has 0 aliphatic rings. The Kier molecular flexibility index (Phi) is 5.14. The fraction of sp³-hybridized carbons (Fsp3) is 0.167. The monoisotopic (exact) mass is 356 g/mol. The fourth-order valence-corrected chi connectivity index (χ4v) is 2.98. The van der Waals surface area contributed by atoms with E-state index in [2.05, 4.69) is 20.5 Å². The molecule has 2 N–H and O–H groups in total. The highest BCUT2D eigenvalue weighted by molar-refractivity contribution is 8.00. The largest absolute Gasteiger partial charge is 0.325 e. The average molecular weight is 356 g/mol. The summed E-state index contributed by atoms with van der Waals surface area (Å²) >= 11 is 1.21. The van der Waals surface area contributed by atoms with Crippen LogP contribution in [0, 0.1) is 12.7 Å². The van der Waals surface area contributed by atoms with Crippen LogP contribution in [0.2, 0.25) is 0 Å². The van der Waals surface area contributed by atoms with Crippen LogP contribution in [0.4, 0.5) is 10.1 Å². The predicted octanol–water partition coefficient (Wildman–Crippen LogP) is 4.04. The van der Waals surface area contributed by atoms with Gasteiger partial charge in [-0.15, -0.1) is 5.10 Å². The first kappa shape index (κ1) is 17.2. The predicted molar refractivity (Wildman–Crippen MR) is 96.9 cm³/mol. The summed E-state index contributed by atoms with van der Waals surface area (Å²) in [6.45, 7) is 3.74. The Bertz CT molecular complexity index is 896. The van der Waals surface area contributed by atoms with E-state index in [4.69, 9.17) is 0 Å². The van der Waals surface area contributed by atoms with Crippen molar-refractivity contribution in [2.75, 3.05) is 5.32 Å². The second-order valence-corrected chi connectivity index (χ2v) is 6.87. The third-order valence-electron chi connectivity index (χ3n) is 3.53. The van der Waals surface area contributed by atoms with Gasteiger partial charge in [-0.05, 0) is 43.7 Å². The minimum absolute atomic E-state index is 0.146. The summed E-state index contributed by atoms with van der Waals surface area (Å²) in [5, 5.41) is 9.63. The summed E-state index contributed by atoms with van der Waals surface area (Å²) in [6, 6.07) is 13.9. The molecule has 128 valence electrons. The summed E-state index contributed by atoms with van der Waals surface area (Å²) in [5.41, 5.74) is 2.17. The standard InChI is InChI=1S/C18H17FN4OS/c1-11-6-5-7-13(10-11)20-17(24)12(2)25-18-21-16(22-23-18)14-8-3-4-9-15(14)19/h3-10,12H,1-2H3,(H,20,24)(H,21,22,23). The van der Waals surface area contributed by atoms with E-state index < -0.39 is 5.25 Å². The van der Waals surface area contributed by atoms with Crippen LogP contribution >= 0.6 is 11.8 Å². The number of hydrogen-bond donors (Lipinski definition) is 2. The Balaban J connectivity index is 1.66. The highest BCUT2D eigenvalue weighted by atomic mass is 32.2. The Morgan fingerprint density at radius 2 is 2.04 bits per heavy atom. The molecule has 0 radical (unpaired) electrons. The highest BCUT2D eigenvalue weighted by Crippen LogP contribution is 2.24. The lowest BCUT2D eigenvalue weighted by Crippen LogP contribution is -2.22. The molecule has 0 saturated heterocycles. The van der Waals surface area contributed by atoms with E-state index in [1.165, 1.54) is 17.8 Å². The van der Waals surface area contributed by atoms with Gasteiger partial charge in [0.2, 0.25) is 11.1 Å². The van der Waals surface area contributed by atoms with Gasteiger partial charge in [-0.3, -0.25) is 9.89 Å². The summed E-state index contributed by atoms with van der Waals surface area (Å²) in [4.78, 5) is 16.6. The van der Waals surface area contributed by atoms with Crippen molar-refractivity contribution in [3.05, 3.63) is 59.9 Å². The van der Waals surface area contributed by atoms with Crippen molar-refractivity contribution in [1.82, 2.24) is 15.2 Å². The molecular weight excluding hydrogens is 339 g/mol. The lowest BCUT2D eigenvalue weighted by molar-refractivity contribution is -0.115. The number of carbonyl (C=O) groups excluding carboxylic acids is 1. The van der Waals surface area contributed by atoms with Crippen LogP contribution in [0.15, 0.2) is 53.7 Å². The molecule has 1 heterocycles. The van der Waals surface area contributed by atoms with E-state index in [-0.39, 0.29) is 11.7 Å². The van der Waals surface area contributed by atoms with Crippen molar-refractivity contribution in [2.24, 2.45) is 0 Å². The summed E-state index contributed by atoms with van der Waals surface area (Å²) in [5.74, 6) is -0.180. The van der Waals surface area contributed by atoms with Gasteiger partial charge in [-0.2, -0.15) is 0 Å². The van der Waals surface area contributed by atoms with Crippen molar-refractivity contribution in [1.29, 1.82) is 0 Å². The first-order chi connectivity index (χ1) is 12.0. The molecule has 2 aromatic carbocycles. The summed E-state index contributed by atoms with van der Waals surface area (Å²) in [6.07, 6.45) is 0.